The highest BCUT2D eigenvalue weighted by atomic mass is 16.6. The first-order chi connectivity index (χ1) is 9.05. The average Bonchev–Trinajstić information content (AvgIpc) is 2.95. The second-order valence-electron chi connectivity index (χ2n) is 7.14. The van der Waals surface area contributed by atoms with Gasteiger partial charge in [0, 0.05) is 25.2 Å². The molecule has 1 amide bonds. The maximum absolute atomic E-state index is 11.6. The van der Waals surface area contributed by atoms with Crippen molar-refractivity contribution in [1.29, 1.82) is 0 Å². The van der Waals surface area contributed by atoms with Gasteiger partial charge in [-0.3, -0.25) is 0 Å². The number of hydrogen-bond donors (Lipinski definition) is 0. The lowest BCUT2D eigenvalue weighted by Gasteiger charge is -2.38. The standard InChI is InChI=1S/C15H26N2O2/c1-15(2)6-3-13(11-15)16-7-4-12(5-8-16)17-9-10-19-14(17)18/h12-13H,3-11H2,1-2H3. The van der Waals surface area contributed by atoms with Crippen LogP contribution in [-0.4, -0.2) is 54.2 Å². The van der Waals surface area contributed by atoms with Gasteiger partial charge in [-0.05, 0) is 37.5 Å². The fourth-order valence-corrected chi connectivity index (χ4v) is 4.01. The number of ether oxygens (including phenoxy) is 1. The normalized spacial score (nSPS) is 32.8. The molecule has 19 heavy (non-hydrogen) atoms. The third-order valence-electron chi connectivity index (χ3n) is 5.19. The molecule has 1 unspecified atom stereocenters. The molecule has 0 aromatic heterocycles. The first-order valence-corrected chi connectivity index (χ1v) is 7.73. The molecule has 1 atom stereocenters. The minimum atomic E-state index is -0.0968. The molecule has 108 valence electrons. The van der Waals surface area contributed by atoms with Crippen LogP contribution in [0.25, 0.3) is 0 Å². The van der Waals surface area contributed by atoms with E-state index in [-0.39, 0.29) is 6.09 Å². The van der Waals surface area contributed by atoms with E-state index >= 15 is 0 Å². The summed E-state index contributed by atoms with van der Waals surface area (Å²) in [6.45, 7) is 8.44. The number of carbonyl (C=O) groups excluding carboxylic acids is 1. The van der Waals surface area contributed by atoms with Crippen LogP contribution in [0.3, 0.4) is 0 Å². The van der Waals surface area contributed by atoms with Crippen molar-refractivity contribution < 1.29 is 9.53 Å². The van der Waals surface area contributed by atoms with Crippen molar-refractivity contribution in [3.05, 3.63) is 0 Å². The van der Waals surface area contributed by atoms with E-state index in [1.54, 1.807) is 0 Å². The van der Waals surface area contributed by atoms with Gasteiger partial charge in [-0.1, -0.05) is 13.8 Å². The van der Waals surface area contributed by atoms with Crippen molar-refractivity contribution in [2.24, 2.45) is 5.41 Å². The fourth-order valence-electron chi connectivity index (χ4n) is 4.01. The average molecular weight is 266 g/mol. The smallest absolute Gasteiger partial charge is 0.410 e. The molecule has 3 aliphatic rings. The molecule has 1 aliphatic carbocycles. The summed E-state index contributed by atoms with van der Waals surface area (Å²) in [5, 5.41) is 0. The van der Waals surface area contributed by atoms with Crippen LogP contribution in [0.1, 0.15) is 46.0 Å². The second kappa shape index (κ2) is 4.97. The second-order valence-corrected chi connectivity index (χ2v) is 7.14. The molecule has 4 heteroatoms. The zero-order valence-electron chi connectivity index (χ0n) is 12.2. The lowest BCUT2D eigenvalue weighted by atomic mass is 9.91. The van der Waals surface area contributed by atoms with E-state index in [2.05, 4.69) is 18.7 Å². The molecule has 0 spiro atoms. The summed E-state index contributed by atoms with van der Waals surface area (Å²) in [6, 6.07) is 1.20. The van der Waals surface area contributed by atoms with Gasteiger partial charge in [0.05, 0.1) is 6.54 Å². The molecule has 2 saturated heterocycles. The largest absolute Gasteiger partial charge is 0.448 e. The molecule has 3 rings (SSSR count). The van der Waals surface area contributed by atoms with Gasteiger partial charge >= 0.3 is 6.09 Å². The van der Waals surface area contributed by atoms with Gasteiger partial charge < -0.3 is 14.5 Å². The van der Waals surface area contributed by atoms with Crippen molar-refractivity contribution in [3.63, 3.8) is 0 Å². The Morgan fingerprint density at radius 2 is 1.84 bits per heavy atom. The van der Waals surface area contributed by atoms with Crippen LogP contribution >= 0.6 is 0 Å². The van der Waals surface area contributed by atoms with Crippen molar-refractivity contribution in [1.82, 2.24) is 9.80 Å². The van der Waals surface area contributed by atoms with Crippen LogP contribution < -0.4 is 0 Å². The fraction of sp³-hybridized carbons (Fsp3) is 0.933. The van der Waals surface area contributed by atoms with Gasteiger partial charge in [0.25, 0.3) is 0 Å². The lowest BCUT2D eigenvalue weighted by molar-refractivity contribution is 0.0953. The molecule has 2 aliphatic heterocycles. The molecule has 1 saturated carbocycles. The number of carbonyl (C=O) groups is 1. The first kappa shape index (κ1) is 13.2. The highest BCUT2D eigenvalue weighted by Crippen LogP contribution is 2.40. The van der Waals surface area contributed by atoms with E-state index in [1.807, 2.05) is 4.90 Å². The summed E-state index contributed by atoms with van der Waals surface area (Å²) >= 11 is 0. The summed E-state index contributed by atoms with van der Waals surface area (Å²) < 4.78 is 5.05. The first-order valence-electron chi connectivity index (χ1n) is 7.73. The van der Waals surface area contributed by atoms with E-state index in [0.29, 0.717) is 18.1 Å². The predicted octanol–water partition coefficient (Wildman–Crippen LogP) is 2.48. The third-order valence-corrected chi connectivity index (χ3v) is 5.19. The molecule has 0 aromatic carbocycles. The maximum atomic E-state index is 11.6. The number of piperidine rings is 1. The van der Waals surface area contributed by atoms with Crippen molar-refractivity contribution in [3.8, 4) is 0 Å². The lowest BCUT2D eigenvalue weighted by Crippen LogP contribution is -2.48. The van der Waals surface area contributed by atoms with E-state index in [1.165, 1.54) is 19.3 Å². The number of nitrogens with zero attached hydrogens (tertiary/aromatic N) is 2. The number of hydrogen-bond acceptors (Lipinski definition) is 3. The Labute approximate surface area is 116 Å². The van der Waals surface area contributed by atoms with Crippen LogP contribution in [0.2, 0.25) is 0 Å². The molecule has 0 N–H and O–H groups in total. The SMILES string of the molecule is CC1(C)CCC(N2CCC(N3CCOC3=O)CC2)C1. The highest BCUT2D eigenvalue weighted by Gasteiger charge is 2.38. The summed E-state index contributed by atoms with van der Waals surface area (Å²) in [5.41, 5.74) is 0.528. The minimum absolute atomic E-state index is 0.0968. The number of likely N-dealkylation sites (tertiary alicyclic amines) is 1. The molecular formula is C15H26N2O2. The van der Waals surface area contributed by atoms with Crippen LogP contribution in [0.4, 0.5) is 4.79 Å². The van der Waals surface area contributed by atoms with Crippen LogP contribution in [0.5, 0.6) is 0 Å². The molecule has 3 fully saturated rings. The van der Waals surface area contributed by atoms with Gasteiger partial charge in [-0.2, -0.15) is 0 Å². The van der Waals surface area contributed by atoms with Gasteiger partial charge in [0.1, 0.15) is 6.61 Å². The summed E-state index contributed by atoms with van der Waals surface area (Å²) in [6.07, 6.45) is 6.18. The van der Waals surface area contributed by atoms with E-state index in [0.717, 1.165) is 38.5 Å². The quantitative estimate of drug-likeness (QED) is 0.770. The predicted molar refractivity (Wildman–Crippen MR) is 74.1 cm³/mol. The Morgan fingerprint density at radius 3 is 2.37 bits per heavy atom. The summed E-state index contributed by atoms with van der Waals surface area (Å²) in [5.74, 6) is 0. The Morgan fingerprint density at radius 1 is 1.11 bits per heavy atom. The summed E-state index contributed by atoms with van der Waals surface area (Å²) in [7, 11) is 0. The van der Waals surface area contributed by atoms with Gasteiger partial charge in [-0.15, -0.1) is 0 Å². The molecule has 0 aromatic rings. The van der Waals surface area contributed by atoms with E-state index in [9.17, 15) is 4.79 Å². The zero-order valence-corrected chi connectivity index (χ0v) is 12.2. The topological polar surface area (TPSA) is 32.8 Å². The van der Waals surface area contributed by atoms with Gasteiger partial charge in [0.2, 0.25) is 0 Å². The maximum Gasteiger partial charge on any atom is 0.410 e. The Bertz CT molecular complexity index is 348. The number of amides is 1. The van der Waals surface area contributed by atoms with Crippen LogP contribution in [0.15, 0.2) is 0 Å². The zero-order chi connectivity index (χ0) is 13.5. The Hall–Kier alpha value is -0.770. The van der Waals surface area contributed by atoms with Crippen LogP contribution in [0, 0.1) is 5.41 Å². The van der Waals surface area contributed by atoms with Gasteiger partial charge in [-0.25, -0.2) is 4.79 Å². The molecular weight excluding hydrogens is 240 g/mol. The Balaban J connectivity index is 1.51. The third kappa shape index (κ3) is 2.73. The van der Waals surface area contributed by atoms with E-state index in [4.69, 9.17) is 4.74 Å². The minimum Gasteiger partial charge on any atom is -0.448 e. The van der Waals surface area contributed by atoms with Crippen molar-refractivity contribution >= 4 is 6.09 Å². The summed E-state index contributed by atoms with van der Waals surface area (Å²) in [4.78, 5) is 16.2. The molecule has 0 bridgehead atoms. The molecule has 4 nitrogen and oxygen atoms in total. The molecule has 2 heterocycles. The number of rotatable bonds is 2. The van der Waals surface area contributed by atoms with Crippen molar-refractivity contribution in [2.75, 3.05) is 26.2 Å². The number of cyclic esters (lactones) is 1. The van der Waals surface area contributed by atoms with E-state index < -0.39 is 0 Å². The van der Waals surface area contributed by atoms with Crippen molar-refractivity contribution in [2.45, 2.75) is 58.0 Å². The Kier molecular flexibility index (Phi) is 3.46. The van der Waals surface area contributed by atoms with Gasteiger partial charge in [0.15, 0.2) is 0 Å². The highest BCUT2D eigenvalue weighted by molar-refractivity contribution is 5.69. The van der Waals surface area contributed by atoms with Crippen LogP contribution in [-0.2, 0) is 4.74 Å². The molecule has 0 radical (unpaired) electrons. The monoisotopic (exact) mass is 266 g/mol.